The number of nitro benzene ring substituents is 1. The van der Waals surface area contributed by atoms with Crippen LogP contribution in [0.15, 0.2) is 36.8 Å². The summed E-state index contributed by atoms with van der Waals surface area (Å²) < 4.78 is 6.69. The Hall–Kier alpha value is -3.60. The van der Waals surface area contributed by atoms with Crippen molar-refractivity contribution in [3.8, 4) is 0 Å². The van der Waals surface area contributed by atoms with Gasteiger partial charge in [-0.3, -0.25) is 14.9 Å². The lowest BCUT2D eigenvalue weighted by molar-refractivity contribution is -0.384. The van der Waals surface area contributed by atoms with E-state index in [0.29, 0.717) is 43.3 Å². The van der Waals surface area contributed by atoms with Crippen LogP contribution in [0.1, 0.15) is 10.4 Å². The molecule has 0 aliphatic heterocycles. The van der Waals surface area contributed by atoms with Gasteiger partial charge in [0.15, 0.2) is 5.65 Å². The Balaban J connectivity index is 1.60. The zero-order valence-electron chi connectivity index (χ0n) is 15.2. The maximum Gasteiger partial charge on any atom is 0.269 e. The average Bonchev–Trinajstić information content (AvgIpc) is 3.12. The van der Waals surface area contributed by atoms with E-state index in [2.05, 4.69) is 25.7 Å². The van der Waals surface area contributed by atoms with Crippen molar-refractivity contribution in [3.63, 3.8) is 0 Å². The first-order chi connectivity index (χ1) is 13.6. The Kier molecular flexibility index (Phi) is 6.07. The summed E-state index contributed by atoms with van der Waals surface area (Å²) in [4.78, 5) is 30.8. The quantitative estimate of drug-likeness (QED) is 0.319. The maximum absolute atomic E-state index is 12.2. The number of aromatic nitrogens is 4. The van der Waals surface area contributed by atoms with E-state index in [1.807, 2.05) is 0 Å². The molecule has 0 unspecified atom stereocenters. The fourth-order valence-electron chi connectivity index (χ4n) is 2.58. The standard InChI is InChI=1S/C17H19N7O4/c1-28-9-7-18-15-14-10-22-23(16(14)21-11-20-15)8-6-19-17(25)12-2-4-13(5-3-12)24(26)27/h2-5,10-11H,6-9H2,1H3,(H,19,25)(H,18,20,21). The first-order valence-electron chi connectivity index (χ1n) is 8.52. The average molecular weight is 385 g/mol. The van der Waals surface area contributed by atoms with Crippen molar-refractivity contribution in [1.29, 1.82) is 0 Å². The molecule has 3 rings (SSSR count). The lowest BCUT2D eigenvalue weighted by atomic mass is 10.2. The van der Waals surface area contributed by atoms with Crippen molar-refractivity contribution < 1.29 is 14.5 Å². The van der Waals surface area contributed by atoms with Crippen molar-refractivity contribution >= 4 is 28.4 Å². The Labute approximate surface area is 159 Å². The second-order valence-electron chi connectivity index (χ2n) is 5.81. The molecule has 2 heterocycles. The molecule has 0 bridgehead atoms. The molecule has 2 N–H and O–H groups in total. The van der Waals surface area contributed by atoms with Gasteiger partial charge in [0, 0.05) is 37.9 Å². The SMILES string of the molecule is COCCNc1ncnc2c1cnn2CCNC(=O)c1ccc([N+](=O)[O-])cc1. The van der Waals surface area contributed by atoms with E-state index in [1.165, 1.54) is 30.6 Å². The highest BCUT2D eigenvalue weighted by atomic mass is 16.6. The topological polar surface area (TPSA) is 137 Å². The van der Waals surface area contributed by atoms with Crippen molar-refractivity contribution in [2.24, 2.45) is 0 Å². The molecular formula is C17H19N7O4. The second kappa shape index (κ2) is 8.86. The third kappa shape index (κ3) is 4.38. The summed E-state index contributed by atoms with van der Waals surface area (Å²) in [7, 11) is 1.63. The highest BCUT2D eigenvalue weighted by Gasteiger charge is 2.11. The molecule has 0 saturated heterocycles. The molecular weight excluding hydrogens is 366 g/mol. The van der Waals surface area contributed by atoms with E-state index in [1.54, 1.807) is 18.0 Å². The Morgan fingerprint density at radius 1 is 1.25 bits per heavy atom. The fourth-order valence-corrected chi connectivity index (χ4v) is 2.58. The molecule has 0 spiro atoms. The number of carbonyl (C=O) groups excluding carboxylic acids is 1. The van der Waals surface area contributed by atoms with E-state index in [9.17, 15) is 14.9 Å². The summed E-state index contributed by atoms with van der Waals surface area (Å²) in [6, 6.07) is 5.43. The summed E-state index contributed by atoms with van der Waals surface area (Å²) in [6.45, 7) is 1.90. The van der Waals surface area contributed by atoms with E-state index in [-0.39, 0.29) is 11.6 Å². The minimum absolute atomic E-state index is 0.0610. The normalized spacial score (nSPS) is 10.8. The van der Waals surface area contributed by atoms with Gasteiger partial charge in [0.25, 0.3) is 11.6 Å². The molecule has 0 atom stereocenters. The van der Waals surface area contributed by atoms with Gasteiger partial charge in [-0.1, -0.05) is 0 Å². The number of nitrogens with zero attached hydrogens (tertiary/aromatic N) is 5. The van der Waals surface area contributed by atoms with Gasteiger partial charge in [0.1, 0.15) is 12.1 Å². The van der Waals surface area contributed by atoms with Gasteiger partial charge < -0.3 is 15.4 Å². The van der Waals surface area contributed by atoms with Crippen LogP contribution in [0.2, 0.25) is 0 Å². The molecule has 0 fully saturated rings. The first kappa shape index (κ1) is 19.2. The molecule has 0 radical (unpaired) electrons. The number of hydrogen-bond acceptors (Lipinski definition) is 8. The molecule has 2 aromatic heterocycles. The Bertz CT molecular complexity index is 971. The largest absolute Gasteiger partial charge is 0.383 e. The smallest absolute Gasteiger partial charge is 0.269 e. The highest BCUT2D eigenvalue weighted by Crippen LogP contribution is 2.18. The van der Waals surface area contributed by atoms with Crippen LogP contribution in [0.5, 0.6) is 0 Å². The zero-order chi connectivity index (χ0) is 19.9. The molecule has 0 saturated carbocycles. The molecule has 1 amide bonds. The van der Waals surface area contributed by atoms with Gasteiger partial charge in [0.05, 0.1) is 29.7 Å². The number of nitrogens with one attached hydrogen (secondary N) is 2. The number of benzene rings is 1. The van der Waals surface area contributed by atoms with Crippen LogP contribution in [0.4, 0.5) is 11.5 Å². The number of non-ortho nitro benzene ring substituents is 1. The predicted molar refractivity (Wildman–Crippen MR) is 101 cm³/mol. The molecule has 146 valence electrons. The summed E-state index contributed by atoms with van der Waals surface area (Å²) >= 11 is 0. The summed E-state index contributed by atoms with van der Waals surface area (Å²) in [5.41, 5.74) is 0.941. The van der Waals surface area contributed by atoms with Gasteiger partial charge in [-0.25, -0.2) is 14.6 Å². The van der Waals surface area contributed by atoms with Crippen LogP contribution in [0.3, 0.4) is 0 Å². The maximum atomic E-state index is 12.2. The van der Waals surface area contributed by atoms with E-state index < -0.39 is 4.92 Å². The second-order valence-corrected chi connectivity index (χ2v) is 5.81. The molecule has 11 nitrogen and oxygen atoms in total. The highest BCUT2D eigenvalue weighted by molar-refractivity contribution is 5.94. The molecule has 0 aliphatic rings. The van der Waals surface area contributed by atoms with Crippen LogP contribution >= 0.6 is 0 Å². The molecule has 28 heavy (non-hydrogen) atoms. The predicted octanol–water partition coefficient (Wildman–Crippen LogP) is 1.22. The van der Waals surface area contributed by atoms with Crippen LogP contribution in [-0.4, -0.2) is 57.4 Å². The number of carbonyl (C=O) groups is 1. The number of methoxy groups -OCH3 is 1. The third-order valence-corrected chi connectivity index (χ3v) is 3.98. The van der Waals surface area contributed by atoms with Crippen molar-refractivity contribution in [2.45, 2.75) is 6.54 Å². The number of anilines is 1. The Morgan fingerprint density at radius 2 is 2.04 bits per heavy atom. The van der Waals surface area contributed by atoms with Crippen molar-refractivity contribution in [3.05, 3.63) is 52.5 Å². The van der Waals surface area contributed by atoms with Crippen molar-refractivity contribution in [1.82, 2.24) is 25.1 Å². The number of nitro groups is 1. The lowest BCUT2D eigenvalue weighted by Gasteiger charge is -2.07. The van der Waals surface area contributed by atoms with Gasteiger partial charge in [-0.05, 0) is 12.1 Å². The number of fused-ring (bicyclic) bond motifs is 1. The minimum atomic E-state index is -0.509. The fraction of sp³-hybridized carbons (Fsp3) is 0.294. The van der Waals surface area contributed by atoms with Crippen LogP contribution in [-0.2, 0) is 11.3 Å². The molecule has 3 aromatic rings. The van der Waals surface area contributed by atoms with E-state index >= 15 is 0 Å². The number of ether oxygens (including phenoxy) is 1. The van der Waals surface area contributed by atoms with Crippen LogP contribution < -0.4 is 10.6 Å². The molecule has 0 aliphatic carbocycles. The molecule has 11 heteroatoms. The van der Waals surface area contributed by atoms with Gasteiger partial charge in [0.2, 0.25) is 0 Å². The summed E-state index contributed by atoms with van der Waals surface area (Å²) in [5.74, 6) is 0.353. The van der Waals surface area contributed by atoms with E-state index in [4.69, 9.17) is 4.74 Å². The molecule has 1 aromatic carbocycles. The third-order valence-electron chi connectivity index (χ3n) is 3.98. The first-order valence-corrected chi connectivity index (χ1v) is 8.52. The monoisotopic (exact) mass is 385 g/mol. The lowest BCUT2D eigenvalue weighted by Crippen LogP contribution is -2.27. The van der Waals surface area contributed by atoms with Gasteiger partial charge >= 0.3 is 0 Å². The van der Waals surface area contributed by atoms with Gasteiger partial charge in [-0.2, -0.15) is 5.10 Å². The van der Waals surface area contributed by atoms with Crippen LogP contribution in [0.25, 0.3) is 11.0 Å². The van der Waals surface area contributed by atoms with E-state index in [0.717, 1.165) is 5.39 Å². The van der Waals surface area contributed by atoms with Crippen LogP contribution in [0, 0.1) is 10.1 Å². The number of hydrogen-bond donors (Lipinski definition) is 2. The minimum Gasteiger partial charge on any atom is -0.383 e. The number of amides is 1. The zero-order valence-corrected chi connectivity index (χ0v) is 15.2. The number of rotatable bonds is 9. The van der Waals surface area contributed by atoms with Gasteiger partial charge in [-0.15, -0.1) is 0 Å². The van der Waals surface area contributed by atoms with Crippen molar-refractivity contribution in [2.75, 3.05) is 32.1 Å². The summed E-state index contributed by atoms with van der Waals surface area (Å²) in [5, 5.41) is 21.7. The Morgan fingerprint density at radius 3 is 2.75 bits per heavy atom. The summed E-state index contributed by atoms with van der Waals surface area (Å²) in [6.07, 6.45) is 3.12.